The summed E-state index contributed by atoms with van der Waals surface area (Å²) in [4.78, 5) is 0. The van der Waals surface area contributed by atoms with Crippen molar-refractivity contribution in [3.05, 3.63) is 11.8 Å². The van der Waals surface area contributed by atoms with Crippen molar-refractivity contribution in [3.63, 3.8) is 0 Å². The Kier molecular flexibility index (Phi) is 4.00. The van der Waals surface area contributed by atoms with Crippen LogP contribution < -0.4 is 5.32 Å². The second kappa shape index (κ2) is 5.49. The van der Waals surface area contributed by atoms with Crippen LogP contribution in [0.2, 0.25) is 0 Å². The lowest BCUT2D eigenvalue weighted by Gasteiger charge is -2.24. The Morgan fingerprint density at radius 1 is 1.40 bits per heavy atom. The Labute approximate surface area is 90.6 Å². The fourth-order valence-electron chi connectivity index (χ4n) is 1.93. The summed E-state index contributed by atoms with van der Waals surface area (Å²) in [5.74, 6) is 1.04. The van der Waals surface area contributed by atoms with E-state index in [1.54, 1.807) is 0 Å². The van der Waals surface area contributed by atoms with Crippen LogP contribution in [0, 0.1) is 0 Å². The molecule has 0 spiro atoms. The molecule has 2 rings (SSSR count). The molecule has 0 aliphatic carbocycles. The molecule has 0 amide bonds. The van der Waals surface area contributed by atoms with E-state index in [9.17, 15) is 0 Å². The Morgan fingerprint density at radius 2 is 2.20 bits per heavy atom. The molecule has 1 N–H and O–H groups in total. The lowest BCUT2D eigenvalue weighted by atomic mass is 10.1. The van der Waals surface area contributed by atoms with Crippen LogP contribution in [0.5, 0.6) is 0 Å². The first-order valence-corrected chi connectivity index (χ1v) is 5.63. The maximum Gasteiger partial charge on any atom is 0.159 e. The molecule has 15 heavy (non-hydrogen) atoms. The van der Waals surface area contributed by atoms with Crippen LogP contribution in [0.4, 0.5) is 0 Å². The zero-order valence-corrected chi connectivity index (χ0v) is 9.20. The third-order valence-corrected chi connectivity index (χ3v) is 2.77. The van der Waals surface area contributed by atoms with Crippen molar-refractivity contribution in [2.45, 2.75) is 31.6 Å². The summed E-state index contributed by atoms with van der Waals surface area (Å²) in [6.07, 6.45) is 5.15. The topological polar surface area (TPSA) is 39.7 Å². The highest BCUT2D eigenvalue weighted by Gasteiger charge is 2.24. The molecule has 0 aromatic rings. The average Bonchev–Trinajstić information content (AvgIpc) is 2.80. The molecule has 2 heterocycles. The van der Waals surface area contributed by atoms with Crippen LogP contribution in [0.3, 0.4) is 0 Å². The Morgan fingerprint density at radius 3 is 2.80 bits per heavy atom. The zero-order chi connectivity index (χ0) is 10.5. The van der Waals surface area contributed by atoms with Gasteiger partial charge in [0.1, 0.15) is 5.76 Å². The average molecular weight is 213 g/mol. The van der Waals surface area contributed by atoms with Gasteiger partial charge in [0.25, 0.3) is 0 Å². The number of hydrogen-bond acceptors (Lipinski definition) is 4. The van der Waals surface area contributed by atoms with E-state index in [2.05, 4.69) is 11.4 Å². The van der Waals surface area contributed by atoms with E-state index < -0.39 is 0 Å². The summed E-state index contributed by atoms with van der Waals surface area (Å²) in [7, 11) is 1.94. The van der Waals surface area contributed by atoms with Gasteiger partial charge in [0.15, 0.2) is 6.29 Å². The van der Waals surface area contributed by atoms with Crippen molar-refractivity contribution in [2.75, 3.05) is 26.9 Å². The van der Waals surface area contributed by atoms with Gasteiger partial charge in [0.05, 0.1) is 25.9 Å². The van der Waals surface area contributed by atoms with Crippen molar-refractivity contribution in [1.29, 1.82) is 0 Å². The molecule has 4 heteroatoms. The monoisotopic (exact) mass is 213 g/mol. The zero-order valence-electron chi connectivity index (χ0n) is 9.20. The lowest BCUT2D eigenvalue weighted by molar-refractivity contribution is -0.0535. The van der Waals surface area contributed by atoms with Gasteiger partial charge < -0.3 is 19.5 Å². The quantitative estimate of drug-likeness (QED) is 0.757. The summed E-state index contributed by atoms with van der Waals surface area (Å²) < 4.78 is 16.5. The summed E-state index contributed by atoms with van der Waals surface area (Å²) in [6.45, 7) is 2.25. The van der Waals surface area contributed by atoms with Crippen LogP contribution >= 0.6 is 0 Å². The van der Waals surface area contributed by atoms with Crippen LogP contribution in [-0.2, 0) is 14.2 Å². The first-order valence-electron chi connectivity index (χ1n) is 5.63. The molecule has 1 atom stereocenters. The normalized spacial score (nSPS) is 24.7. The fourth-order valence-corrected chi connectivity index (χ4v) is 1.93. The minimum atomic E-state index is -0.0751. The maximum atomic E-state index is 5.63. The van der Waals surface area contributed by atoms with Crippen LogP contribution in [0.1, 0.15) is 19.3 Å². The molecule has 0 bridgehead atoms. The molecular formula is C11H19NO3. The molecule has 0 radical (unpaired) electrons. The van der Waals surface area contributed by atoms with Crippen molar-refractivity contribution < 1.29 is 14.2 Å². The number of likely N-dealkylation sites (N-methyl/N-ethyl adjacent to an activating group) is 1. The van der Waals surface area contributed by atoms with Crippen LogP contribution in [0.15, 0.2) is 11.8 Å². The highest BCUT2D eigenvalue weighted by molar-refractivity contribution is 5.05. The van der Waals surface area contributed by atoms with Gasteiger partial charge in [-0.05, 0) is 26.0 Å². The van der Waals surface area contributed by atoms with Gasteiger partial charge >= 0.3 is 0 Å². The minimum absolute atomic E-state index is 0.0751. The Hall–Kier alpha value is -0.580. The number of allylic oxidation sites excluding steroid dienone is 1. The van der Waals surface area contributed by atoms with Gasteiger partial charge in [-0.25, -0.2) is 0 Å². The van der Waals surface area contributed by atoms with Gasteiger partial charge in [-0.1, -0.05) is 0 Å². The highest BCUT2D eigenvalue weighted by Crippen LogP contribution is 2.19. The third kappa shape index (κ3) is 2.93. The van der Waals surface area contributed by atoms with E-state index in [0.29, 0.717) is 13.2 Å². The molecule has 2 aliphatic rings. The predicted octanol–water partition coefficient (Wildman–Crippen LogP) is 1.03. The van der Waals surface area contributed by atoms with Crippen LogP contribution in [0.25, 0.3) is 0 Å². The van der Waals surface area contributed by atoms with Gasteiger partial charge in [-0.15, -0.1) is 0 Å². The second-order valence-corrected chi connectivity index (χ2v) is 3.85. The highest BCUT2D eigenvalue weighted by atomic mass is 16.7. The summed E-state index contributed by atoms with van der Waals surface area (Å²) in [5.41, 5.74) is 0. The summed E-state index contributed by atoms with van der Waals surface area (Å²) >= 11 is 0. The van der Waals surface area contributed by atoms with Crippen LogP contribution in [-0.4, -0.2) is 39.2 Å². The van der Waals surface area contributed by atoms with Crippen molar-refractivity contribution in [2.24, 2.45) is 0 Å². The number of hydrogen-bond donors (Lipinski definition) is 1. The van der Waals surface area contributed by atoms with Crippen molar-refractivity contribution in [3.8, 4) is 0 Å². The summed E-state index contributed by atoms with van der Waals surface area (Å²) in [6, 6.07) is 0.216. The van der Waals surface area contributed by atoms with E-state index >= 15 is 0 Å². The largest absolute Gasteiger partial charge is 0.497 e. The molecule has 86 valence electrons. The number of nitrogens with one attached hydrogen (secondary N) is 1. The van der Waals surface area contributed by atoms with Gasteiger partial charge in [-0.3, -0.25) is 0 Å². The lowest BCUT2D eigenvalue weighted by Crippen LogP contribution is -2.33. The third-order valence-electron chi connectivity index (χ3n) is 2.77. The molecule has 2 aliphatic heterocycles. The standard InChI is InChI=1S/C11H19NO3/c1-12-9(8-11-14-6-7-15-11)10-4-2-3-5-13-10/h4,9,11-12H,2-3,5-8H2,1H3. The molecule has 1 fully saturated rings. The van der Waals surface area contributed by atoms with E-state index in [4.69, 9.17) is 14.2 Å². The summed E-state index contributed by atoms with van der Waals surface area (Å²) in [5, 5.41) is 3.25. The molecule has 0 aromatic heterocycles. The van der Waals surface area contributed by atoms with E-state index in [1.807, 2.05) is 7.05 Å². The minimum Gasteiger partial charge on any atom is -0.497 e. The van der Waals surface area contributed by atoms with Crippen molar-refractivity contribution in [1.82, 2.24) is 5.32 Å². The Bertz CT molecular complexity index is 224. The van der Waals surface area contributed by atoms with Gasteiger partial charge in [0.2, 0.25) is 0 Å². The first-order chi connectivity index (χ1) is 7.40. The molecule has 4 nitrogen and oxygen atoms in total. The fraction of sp³-hybridized carbons (Fsp3) is 0.818. The second-order valence-electron chi connectivity index (χ2n) is 3.85. The maximum absolute atomic E-state index is 5.63. The molecule has 1 unspecified atom stereocenters. The number of ether oxygens (including phenoxy) is 3. The SMILES string of the molecule is CNC(CC1OCCO1)C1=CCCCO1. The van der Waals surface area contributed by atoms with E-state index in [1.165, 1.54) is 0 Å². The van der Waals surface area contributed by atoms with Crippen molar-refractivity contribution >= 4 is 0 Å². The molecule has 0 aromatic carbocycles. The van der Waals surface area contributed by atoms with Gasteiger partial charge in [-0.2, -0.15) is 0 Å². The molecule has 1 saturated heterocycles. The molecular weight excluding hydrogens is 194 g/mol. The number of rotatable bonds is 4. The van der Waals surface area contributed by atoms with Gasteiger partial charge in [0, 0.05) is 6.42 Å². The van der Waals surface area contributed by atoms with E-state index in [-0.39, 0.29) is 12.3 Å². The first kappa shape index (κ1) is 10.9. The smallest absolute Gasteiger partial charge is 0.159 e. The molecule has 0 saturated carbocycles. The predicted molar refractivity (Wildman–Crippen MR) is 56.4 cm³/mol. The van der Waals surface area contributed by atoms with E-state index in [0.717, 1.165) is 31.6 Å². The Balaban J connectivity index is 1.87.